The van der Waals surface area contributed by atoms with Gasteiger partial charge in [-0.1, -0.05) is 59.6 Å². The maximum absolute atomic E-state index is 12.2. The van der Waals surface area contributed by atoms with Gasteiger partial charge in [0.1, 0.15) is 0 Å². The van der Waals surface area contributed by atoms with Crippen LogP contribution in [0.15, 0.2) is 71.6 Å². The summed E-state index contributed by atoms with van der Waals surface area (Å²) in [6, 6.07) is 14.7. The number of dihydropyridines is 1. The third kappa shape index (κ3) is 5.01. The Bertz CT molecular complexity index is 1000. The molecule has 1 atom stereocenters. The largest absolute Gasteiger partial charge is 0.478 e. The van der Waals surface area contributed by atoms with Crippen LogP contribution < -0.4 is 5.32 Å². The minimum Gasteiger partial charge on any atom is -0.478 e. The van der Waals surface area contributed by atoms with Crippen LogP contribution in [0.1, 0.15) is 23.5 Å². The molecule has 156 valence electrons. The first-order valence-electron chi connectivity index (χ1n) is 9.12. The Morgan fingerprint density at radius 1 is 0.967 bits per heavy atom. The van der Waals surface area contributed by atoms with Gasteiger partial charge >= 0.3 is 11.9 Å². The van der Waals surface area contributed by atoms with Crippen molar-refractivity contribution in [3.8, 4) is 0 Å². The third-order valence-electron chi connectivity index (χ3n) is 4.70. The zero-order chi connectivity index (χ0) is 21.7. The summed E-state index contributed by atoms with van der Waals surface area (Å²) in [5.74, 6) is -2.06. The lowest BCUT2D eigenvalue weighted by molar-refractivity contribution is -0.133. The predicted octanol–water partition coefficient (Wildman–Crippen LogP) is 5.31. The van der Waals surface area contributed by atoms with Crippen molar-refractivity contribution in [3.63, 3.8) is 0 Å². The molecule has 0 saturated heterocycles. The highest BCUT2D eigenvalue weighted by Crippen LogP contribution is 2.43. The second-order valence-corrected chi connectivity index (χ2v) is 8.52. The lowest BCUT2D eigenvalue weighted by atomic mass is 9.81. The number of carbonyl (C=O) groups is 2. The Labute approximate surface area is 188 Å². The number of rotatable bonds is 8. The Kier molecular flexibility index (Phi) is 7.48. The van der Waals surface area contributed by atoms with Crippen LogP contribution >= 0.6 is 35.0 Å². The molecule has 0 aromatic heterocycles. The van der Waals surface area contributed by atoms with E-state index in [0.29, 0.717) is 17.9 Å². The molecule has 2 aromatic rings. The number of halogens is 2. The van der Waals surface area contributed by atoms with Gasteiger partial charge in [-0.15, -0.1) is 0 Å². The highest BCUT2D eigenvalue weighted by atomic mass is 35.5. The molecule has 0 spiro atoms. The van der Waals surface area contributed by atoms with Gasteiger partial charge in [-0.3, -0.25) is 0 Å². The molecule has 1 aliphatic heterocycles. The Morgan fingerprint density at radius 3 is 2.23 bits per heavy atom. The molecule has 0 radical (unpaired) electrons. The number of carboxylic acid groups (broad SMARTS) is 2. The normalized spacial score (nSPS) is 16.1. The predicted molar refractivity (Wildman–Crippen MR) is 120 cm³/mol. The van der Waals surface area contributed by atoms with Gasteiger partial charge in [0, 0.05) is 33.3 Å². The van der Waals surface area contributed by atoms with Crippen LogP contribution in [0.2, 0.25) is 10.0 Å². The van der Waals surface area contributed by atoms with Gasteiger partial charge < -0.3 is 15.5 Å². The molecule has 0 fully saturated rings. The number of hydrogen-bond donors (Lipinski definition) is 3. The number of nitrogens with one attached hydrogen (secondary N) is 1. The number of carboxylic acids is 2. The van der Waals surface area contributed by atoms with Gasteiger partial charge in [-0.25, -0.2) is 9.59 Å². The molecule has 0 bridgehead atoms. The van der Waals surface area contributed by atoms with E-state index in [2.05, 4.69) is 5.32 Å². The Balaban J connectivity index is 1.90. The second kappa shape index (κ2) is 10.1. The fraction of sp³-hybridized carbons (Fsp3) is 0.182. The zero-order valence-electron chi connectivity index (χ0n) is 15.8. The topological polar surface area (TPSA) is 86.6 Å². The molecule has 2 aromatic carbocycles. The summed E-state index contributed by atoms with van der Waals surface area (Å²) in [5.41, 5.74) is 1.74. The van der Waals surface area contributed by atoms with E-state index in [4.69, 9.17) is 23.2 Å². The monoisotopic (exact) mass is 463 g/mol. The van der Waals surface area contributed by atoms with Crippen LogP contribution in [0, 0.1) is 0 Å². The number of aliphatic carboxylic acids is 2. The molecule has 1 unspecified atom stereocenters. The third-order valence-corrected chi connectivity index (χ3v) is 6.39. The molecular weight excluding hydrogens is 445 g/mol. The number of hydrogen-bond acceptors (Lipinski definition) is 4. The van der Waals surface area contributed by atoms with Gasteiger partial charge in [0.05, 0.1) is 17.1 Å². The van der Waals surface area contributed by atoms with Crippen LogP contribution in [-0.2, 0) is 15.3 Å². The van der Waals surface area contributed by atoms with Crippen molar-refractivity contribution in [1.29, 1.82) is 0 Å². The molecular formula is C22H19Cl2NO4S. The van der Waals surface area contributed by atoms with E-state index in [9.17, 15) is 19.8 Å². The molecule has 0 aliphatic carbocycles. The first-order chi connectivity index (χ1) is 14.4. The summed E-state index contributed by atoms with van der Waals surface area (Å²) in [7, 11) is 0. The summed E-state index contributed by atoms with van der Waals surface area (Å²) >= 11 is 14.3. The first-order valence-corrected chi connectivity index (χ1v) is 11.0. The van der Waals surface area contributed by atoms with E-state index in [-0.39, 0.29) is 26.8 Å². The molecule has 5 nitrogen and oxygen atoms in total. The Hall–Kier alpha value is -2.41. The van der Waals surface area contributed by atoms with Gasteiger partial charge in [-0.2, -0.15) is 11.8 Å². The first kappa shape index (κ1) is 22.3. The Morgan fingerprint density at radius 2 is 1.63 bits per heavy atom. The zero-order valence-corrected chi connectivity index (χ0v) is 18.1. The fourth-order valence-corrected chi connectivity index (χ4v) is 4.86. The van der Waals surface area contributed by atoms with Crippen molar-refractivity contribution in [2.45, 2.75) is 18.1 Å². The van der Waals surface area contributed by atoms with E-state index < -0.39 is 17.9 Å². The highest BCUT2D eigenvalue weighted by molar-refractivity contribution is 7.98. The summed E-state index contributed by atoms with van der Waals surface area (Å²) in [4.78, 5) is 24.0. The maximum atomic E-state index is 12.2. The fourth-order valence-electron chi connectivity index (χ4n) is 3.33. The minimum atomic E-state index is -1.24. The van der Waals surface area contributed by atoms with Crippen LogP contribution in [0.3, 0.4) is 0 Å². The lowest BCUT2D eigenvalue weighted by Gasteiger charge is -2.28. The van der Waals surface area contributed by atoms with Crippen molar-refractivity contribution in [1.82, 2.24) is 5.32 Å². The van der Waals surface area contributed by atoms with Crippen molar-refractivity contribution >= 4 is 46.9 Å². The summed E-state index contributed by atoms with van der Waals surface area (Å²) in [6.07, 6.45) is 1.76. The highest BCUT2D eigenvalue weighted by Gasteiger charge is 2.37. The second-order valence-electron chi connectivity index (χ2n) is 6.60. The van der Waals surface area contributed by atoms with E-state index in [1.807, 2.05) is 30.3 Å². The average molecular weight is 464 g/mol. The van der Waals surface area contributed by atoms with Crippen molar-refractivity contribution in [3.05, 3.63) is 92.7 Å². The van der Waals surface area contributed by atoms with Crippen LogP contribution in [0.4, 0.5) is 0 Å². The molecule has 1 heterocycles. The van der Waals surface area contributed by atoms with E-state index in [0.717, 1.165) is 5.75 Å². The smallest absolute Gasteiger partial charge is 0.334 e. The average Bonchev–Trinajstić information content (AvgIpc) is 2.71. The van der Waals surface area contributed by atoms with Crippen LogP contribution in [0.25, 0.3) is 0 Å². The molecule has 1 aliphatic rings. The van der Waals surface area contributed by atoms with Gasteiger partial charge in [-0.05, 0) is 29.9 Å². The standard InChI is InChI=1S/C22H19Cl2NO4S/c23-15-7-4-8-16(24)19(15)18-14(21(26)27)11-25-17(20(18)22(28)29)9-10-30-12-13-5-2-1-3-6-13/h1-8,11,18,25H,9-10,12H2,(H,26,27)(H,28,29). The molecule has 3 rings (SSSR count). The van der Waals surface area contributed by atoms with E-state index in [1.54, 1.807) is 30.0 Å². The van der Waals surface area contributed by atoms with Crippen molar-refractivity contribution in [2.75, 3.05) is 5.75 Å². The van der Waals surface area contributed by atoms with E-state index in [1.165, 1.54) is 11.8 Å². The van der Waals surface area contributed by atoms with Crippen LogP contribution in [-0.4, -0.2) is 27.9 Å². The van der Waals surface area contributed by atoms with Gasteiger partial charge in [0.2, 0.25) is 0 Å². The SMILES string of the molecule is O=C(O)C1=CNC(CCSCc2ccccc2)=C(C(=O)O)C1c1c(Cl)cccc1Cl. The number of benzene rings is 2. The molecule has 30 heavy (non-hydrogen) atoms. The molecule has 0 amide bonds. The number of thioether (sulfide) groups is 1. The van der Waals surface area contributed by atoms with Gasteiger partial charge in [0.25, 0.3) is 0 Å². The minimum absolute atomic E-state index is 0.0507. The number of allylic oxidation sites excluding steroid dienone is 1. The lowest BCUT2D eigenvalue weighted by Crippen LogP contribution is -2.29. The maximum Gasteiger partial charge on any atom is 0.334 e. The summed E-state index contributed by atoms with van der Waals surface area (Å²) < 4.78 is 0. The van der Waals surface area contributed by atoms with Crippen LogP contribution in [0.5, 0.6) is 0 Å². The summed E-state index contributed by atoms with van der Waals surface area (Å²) in [5, 5.41) is 22.9. The summed E-state index contributed by atoms with van der Waals surface area (Å²) in [6.45, 7) is 0. The van der Waals surface area contributed by atoms with Crippen molar-refractivity contribution < 1.29 is 19.8 Å². The molecule has 3 N–H and O–H groups in total. The van der Waals surface area contributed by atoms with E-state index >= 15 is 0 Å². The molecule has 8 heteroatoms. The van der Waals surface area contributed by atoms with Crippen molar-refractivity contribution in [2.24, 2.45) is 0 Å². The molecule has 0 saturated carbocycles. The quantitative estimate of drug-likeness (QED) is 0.459. The van der Waals surface area contributed by atoms with Gasteiger partial charge in [0.15, 0.2) is 0 Å².